The van der Waals surface area contributed by atoms with Gasteiger partial charge in [0.15, 0.2) is 0 Å². The number of hydrogen-bond acceptors (Lipinski definition) is 4. The van der Waals surface area contributed by atoms with Crippen molar-refractivity contribution in [3.05, 3.63) is 54.0 Å². The van der Waals surface area contributed by atoms with Gasteiger partial charge in [-0.05, 0) is 57.1 Å². The maximum absolute atomic E-state index is 12.3. The van der Waals surface area contributed by atoms with Crippen molar-refractivity contribution in [2.45, 2.75) is 43.5 Å². The Morgan fingerprint density at radius 2 is 1.96 bits per heavy atom. The normalized spacial score (nSPS) is 16.3. The monoisotopic (exact) mass is 372 g/mol. The van der Waals surface area contributed by atoms with Crippen molar-refractivity contribution in [2.75, 3.05) is 25.4 Å². The average Bonchev–Trinajstić information content (AvgIpc) is 3.19. The molecular weight excluding hydrogens is 344 g/mol. The summed E-state index contributed by atoms with van der Waals surface area (Å²) in [6.45, 7) is 4.84. The molecule has 0 aliphatic carbocycles. The van der Waals surface area contributed by atoms with Crippen molar-refractivity contribution >= 4 is 17.7 Å². The lowest BCUT2D eigenvalue weighted by atomic mass is 10.1. The highest BCUT2D eigenvalue weighted by atomic mass is 32.2. The van der Waals surface area contributed by atoms with Crippen LogP contribution in [0.4, 0.5) is 0 Å². The van der Waals surface area contributed by atoms with E-state index in [4.69, 9.17) is 4.42 Å². The van der Waals surface area contributed by atoms with E-state index in [1.807, 2.05) is 12.1 Å². The molecule has 1 atom stereocenters. The van der Waals surface area contributed by atoms with E-state index in [1.54, 1.807) is 18.0 Å². The molecule has 1 N–H and O–H groups in total. The Labute approximate surface area is 160 Å². The Balaban J connectivity index is 1.45. The summed E-state index contributed by atoms with van der Waals surface area (Å²) < 4.78 is 5.63. The minimum absolute atomic E-state index is 0.109. The number of likely N-dealkylation sites (tertiary alicyclic amines) is 1. The summed E-state index contributed by atoms with van der Waals surface area (Å²) in [4.78, 5) is 15.9. The van der Waals surface area contributed by atoms with E-state index in [1.165, 1.54) is 29.7 Å². The average molecular weight is 373 g/mol. The molecule has 1 aromatic heterocycles. The molecule has 0 bridgehead atoms. The highest BCUT2D eigenvalue weighted by molar-refractivity contribution is 7.99. The van der Waals surface area contributed by atoms with Crippen LogP contribution in [0.5, 0.6) is 0 Å². The summed E-state index contributed by atoms with van der Waals surface area (Å²) in [5.74, 6) is 1.85. The number of piperidine rings is 1. The Morgan fingerprint density at radius 3 is 2.65 bits per heavy atom. The maximum atomic E-state index is 12.3. The molecule has 0 saturated carbocycles. The van der Waals surface area contributed by atoms with Gasteiger partial charge in [0.25, 0.3) is 0 Å². The van der Waals surface area contributed by atoms with E-state index >= 15 is 0 Å². The number of furan rings is 1. The van der Waals surface area contributed by atoms with Gasteiger partial charge >= 0.3 is 0 Å². The van der Waals surface area contributed by atoms with Gasteiger partial charge in [-0.15, -0.1) is 11.8 Å². The molecule has 140 valence electrons. The fraction of sp³-hybridized carbons (Fsp3) is 0.476. The number of aryl methyl sites for hydroxylation is 1. The van der Waals surface area contributed by atoms with Crippen LogP contribution < -0.4 is 5.32 Å². The van der Waals surface area contributed by atoms with Crippen LogP contribution >= 0.6 is 11.8 Å². The number of thioether (sulfide) groups is 1. The second kappa shape index (κ2) is 9.83. The van der Waals surface area contributed by atoms with Gasteiger partial charge < -0.3 is 9.73 Å². The van der Waals surface area contributed by atoms with Crippen molar-refractivity contribution in [1.29, 1.82) is 0 Å². The molecular formula is C21H28N2O2S. The Hall–Kier alpha value is -1.72. The second-order valence-electron chi connectivity index (χ2n) is 6.84. The number of hydrogen-bond donors (Lipinski definition) is 1. The Bertz CT molecular complexity index is 664. The smallest absolute Gasteiger partial charge is 0.220 e. The first-order valence-corrected chi connectivity index (χ1v) is 10.4. The number of nitrogens with one attached hydrogen (secondary N) is 1. The first kappa shape index (κ1) is 19.1. The lowest BCUT2D eigenvalue weighted by Gasteiger charge is -2.33. The van der Waals surface area contributed by atoms with Crippen LogP contribution in [0.3, 0.4) is 0 Å². The molecule has 1 fully saturated rings. The Morgan fingerprint density at radius 1 is 1.19 bits per heavy atom. The quantitative estimate of drug-likeness (QED) is 0.697. The minimum Gasteiger partial charge on any atom is -0.468 e. The first-order chi connectivity index (χ1) is 12.7. The zero-order valence-corrected chi connectivity index (χ0v) is 16.3. The third-order valence-electron chi connectivity index (χ3n) is 4.81. The number of nitrogens with zero attached hydrogens (tertiary/aromatic N) is 1. The molecule has 3 rings (SSSR count). The summed E-state index contributed by atoms with van der Waals surface area (Å²) >= 11 is 1.73. The molecule has 1 saturated heterocycles. The summed E-state index contributed by atoms with van der Waals surface area (Å²) in [6.07, 6.45) is 5.98. The maximum Gasteiger partial charge on any atom is 0.220 e. The van der Waals surface area contributed by atoms with Gasteiger partial charge in [0.1, 0.15) is 5.76 Å². The van der Waals surface area contributed by atoms with Gasteiger partial charge in [0.05, 0.1) is 12.3 Å². The van der Waals surface area contributed by atoms with Gasteiger partial charge in [-0.25, -0.2) is 0 Å². The van der Waals surface area contributed by atoms with E-state index in [0.29, 0.717) is 13.0 Å². The summed E-state index contributed by atoms with van der Waals surface area (Å²) in [6, 6.07) is 12.5. The fourth-order valence-electron chi connectivity index (χ4n) is 3.32. The number of rotatable bonds is 8. The molecule has 1 amide bonds. The summed E-state index contributed by atoms with van der Waals surface area (Å²) in [7, 11) is 0. The zero-order valence-electron chi connectivity index (χ0n) is 15.4. The van der Waals surface area contributed by atoms with Crippen molar-refractivity contribution < 1.29 is 9.21 Å². The van der Waals surface area contributed by atoms with E-state index in [-0.39, 0.29) is 11.9 Å². The van der Waals surface area contributed by atoms with E-state index < -0.39 is 0 Å². The van der Waals surface area contributed by atoms with Crippen LogP contribution in [0.25, 0.3) is 0 Å². The van der Waals surface area contributed by atoms with Crippen molar-refractivity contribution in [1.82, 2.24) is 10.2 Å². The van der Waals surface area contributed by atoms with Crippen LogP contribution in [-0.2, 0) is 4.79 Å². The number of amides is 1. The van der Waals surface area contributed by atoms with Crippen LogP contribution in [0.1, 0.15) is 43.0 Å². The molecule has 2 heterocycles. The zero-order chi connectivity index (χ0) is 18.2. The predicted octanol–water partition coefficient (Wildman–Crippen LogP) is 4.41. The van der Waals surface area contributed by atoms with Crippen LogP contribution in [0, 0.1) is 6.92 Å². The molecule has 1 aliphatic heterocycles. The first-order valence-electron chi connectivity index (χ1n) is 9.46. The van der Waals surface area contributed by atoms with Crippen molar-refractivity contribution in [3.8, 4) is 0 Å². The van der Waals surface area contributed by atoms with Crippen molar-refractivity contribution in [3.63, 3.8) is 0 Å². The molecule has 1 aliphatic rings. The molecule has 26 heavy (non-hydrogen) atoms. The highest BCUT2D eigenvalue weighted by Crippen LogP contribution is 2.24. The number of carbonyl (C=O) groups excluding carboxylic acids is 1. The molecule has 1 aromatic carbocycles. The third kappa shape index (κ3) is 5.64. The number of benzene rings is 1. The van der Waals surface area contributed by atoms with E-state index in [0.717, 1.165) is 24.6 Å². The highest BCUT2D eigenvalue weighted by Gasteiger charge is 2.24. The molecule has 2 aromatic rings. The molecule has 1 unspecified atom stereocenters. The fourth-order valence-corrected chi connectivity index (χ4v) is 4.17. The Kier molecular flexibility index (Phi) is 7.21. The SMILES string of the molecule is Cc1ccc(SCCC(=O)NCC(c2ccco2)N2CCCCC2)cc1. The van der Waals surface area contributed by atoms with Crippen LogP contribution in [-0.4, -0.2) is 36.2 Å². The standard InChI is InChI=1S/C21H28N2O2S/c1-17-7-9-18(10-8-17)26-15-11-21(24)22-16-19(20-6-5-14-25-20)23-12-3-2-4-13-23/h5-10,14,19H,2-4,11-13,15-16H2,1H3,(H,22,24). The van der Waals surface area contributed by atoms with Gasteiger partial charge in [-0.2, -0.15) is 0 Å². The lowest BCUT2D eigenvalue weighted by Crippen LogP contribution is -2.40. The van der Waals surface area contributed by atoms with Gasteiger partial charge in [0, 0.05) is 23.6 Å². The van der Waals surface area contributed by atoms with Gasteiger partial charge in [-0.3, -0.25) is 9.69 Å². The van der Waals surface area contributed by atoms with E-state index in [2.05, 4.69) is 41.4 Å². The van der Waals surface area contributed by atoms with Gasteiger partial charge in [-0.1, -0.05) is 24.1 Å². The lowest BCUT2D eigenvalue weighted by molar-refractivity contribution is -0.121. The van der Waals surface area contributed by atoms with Crippen molar-refractivity contribution in [2.24, 2.45) is 0 Å². The number of carbonyl (C=O) groups is 1. The summed E-state index contributed by atoms with van der Waals surface area (Å²) in [5, 5.41) is 3.11. The van der Waals surface area contributed by atoms with Crippen LogP contribution in [0.2, 0.25) is 0 Å². The summed E-state index contributed by atoms with van der Waals surface area (Å²) in [5.41, 5.74) is 1.26. The van der Waals surface area contributed by atoms with E-state index in [9.17, 15) is 4.79 Å². The minimum atomic E-state index is 0.109. The molecule has 4 nitrogen and oxygen atoms in total. The molecule has 0 spiro atoms. The largest absolute Gasteiger partial charge is 0.468 e. The second-order valence-corrected chi connectivity index (χ2v) is 8.01. The van der Waals surface area contributed by atoms with Gasteiger partial charge in [0.2, 0.25) is 5.91 Å². The molecule has 0 radical (unpaired) electrons. The van der Waals surface area contributed by atoms with Crippen LogP contribution in [0.15, 0.2) is 52.0 Å². The topological polar surface area (TPSA) is 45.5 Å². The third-order valence-corrected chi connectivity index (χ3v) is 5.83. The predicted molar refractivity (Wildman–Crippen MR) is 106 cm³/mol. The molecule has 5 heteroatoms.